The number of amides is 1. The lowest BCUT2D eigenvalue weighted by Gasteiger charge is -2.26. The van der Waals surface area contributed by atoms with E-state index in [2.05, 4.69) is 20.3 Å². The van der Waals surface area contributed by atoms with Crippen molar-refractivity contribution in [2.75, 3.05) is 11.9 Å². The summed E-state index contributed by atoms with van der Waals surface area (Å²) in [7, 11) is 0. The molecular weight excluding hydrogens is 432 g/mol. The fourth-order valence-electron chi connectivity index (χ4n) is 5.01. The van der Waals surface area contributed by atoms with Crippen LogP contribution in [-0.4, -0.2) is 67.7 Å². The molecule has 5 rings (SSSR count). The van der Waals surface area contributed by atoms with E-state index < -0.39 is 42.2 Å². The highest BCUT2D eigenvalue weighted by Gasteiger charge is 2.41. The Kier molecular flexibility index (Phi) is 5.57. The van der Waals surface area contributed by atoms with Crippen molar-refractivity contribution in [2.45, 2.75) is 63.2 Å². The van der Waals surface area contributed by atoms with Crippen LogP contribution in [0.2, 0.25) is 0 Å². The maximum absolute atomic E-state index is 14.5. The molecule has 2 aliphatic heterocycles. The number of alkyl halides is 1. The Morgan fingerprint density at radius 3 is 2.82 bits per heavy atom. The predicted molar refractivity (Wildman–Crippen MR) is 116 cm³/mol. The molecule has 0 unspecified atom stereocenters. The number of hydrogen-bond acceptors (Lipinski definition) is 7. The summed E-state index contributed by atoms with van der Waals surface area (Å²) in [6.45, 7) is 1.88. The normalized spacial score (nSPS) is 28.7. The molecule has 8 nitrogen and oxygen atoms in total. The first kappa shape index (κ1) is 21.8. The summed E-state index contributed by atoms with van der Waals surface area (Å²) in [4.78, 5) is 27.9. The number of hydrogen-bond donors (Lipinski definition) is 3. The van der Waals surface area contributed by atoms with Gasteiger partial charge < -0.3 is 20.4 Å². The number of halogens is 2. The van der Waals surface area contributed by atoms with Crippen molar-refractivity contribution < 1.29 is 23.8 Å². The van der Waals surface area contributed by atoms with Crippen molar-refractivity contribution in [1.29, 1.82) is 0 Å². The Morgan fingerprint density at radius 2 is 2.06 bits per heavy atom. The summed E-state index contributed by atoms with van der Waals surface area (Å²) in [5, 5.41) is 23.2. The van der Waals surface area contributed by atoms with Gasteiger partial charge in [-0.15, -0.1) is 0 Å². The second kappa shape index (κ2) is 8.42. The Balaban J connectivity index is 1.46. The second-order valence-electron chi connectivity index (χ2n) is 8.90. The van der Waals surface area contributed by atoms with Crippen molar-refractivity contribution in [3.63, 3.8) is 0 Å². The summed E-state index contributed by atoms with van der Waals surface area (Å²) >= 11 is 0. The number of nitrogens with one attached hydrogen (secondary N) is 1. The molecular formula is C23H25F2N5O3. The van der Waals surface area contributed by atoms with Crippen LogP contribution >= 0.6 is 0 Å². The van der Waals surface area contributed by atoms with Gasteiger partial charge in [-0.2, -0.15) is 0 Å². The first-order valence-electron chi connectivity index (χ1n) is 11.1. The number of aliphatic hydroxyl groups is 2. The summed E-state index contributed by atoms with van der Waals surface area (Å²) in [5.74, 6) is -0.560. The average molecular weight is 457 g/mol. The molecule has 1 amide bonds. The third-order valence-corrected chi connectivity index (χ3v) is 6.77. The molecule has 174 valence electrons. The zero-order valence-corrected chi connectivity index (χ0v) is 18.1. The minimum Gasteiger partial charge on any atom is -0.390 e. The largest absolute Gasteiger partial charge is 0.390 e. The van der Waals surface area contributed by atoms with Gasteiger partial charge in [0.1, 0.15) is 29.8 Å². The van der Waals surface area contributed by atoms with Crippen LogP contribution in [0, 0.1) is 12.7 Å². The first-order valence-corrected chi connectivity index (χ1v) is 11.1. The third kappa shape index (κ3) is 3.87. The zero-order valence-electron chi connectivity index (χ0n) is 18.1. The SMILES string of the molecule is Cc1ccc(F)cc1[C@H]1C[C@H](F)CN1C(=O)C1=NCc2ncnc(N[C@@H]3CC[C@@H](O)[C@H]3O)c21. The molecule has 0 bridgehead atoms. The lowest BCUT2D eigenvalue weighted by atomic mass is 9.98. The number of aromatic nitrogens is 2. The number of fused-ring (bicyclic) bond motifs is 1. The van der Waals surface area contributed by atoms with E-state index in [1.165, 1.54) is 23.4 Å². The van der Waals surface area contributed by atoms with Gasteiger partial charge in [0, 0.05) is 6.42 Å². The highest BCUT2D eigenvalue weighted by Crippen LogP contribution is 2.37. The van der Waals surface area contributed by atoms with Gasteiger partial charge in [-0.05, 0) is 43.0 Å². The fraction of sp³-hybridized carbons (Fsp3) is 0.478. The fourth-order valence-corrected chi connectivity index (χ4v) is 5.01. The van der Waals surface area contributed by atoms with Crippen molar-refractivity contribution in [2.24, 2.45) is 4.99 Å². The number of aryl methyl sites for hydroxylation is 1. The standard InChI is InChI=1S/C23H25F2N5O3/c1-11-2-3-12(24)6-14(11)17-7-13(25)9-30(17)23(33)20-19-16(8-26-20)27-10-28-22(19)29-15-4-5-18(31)21(15)32/h2-3,6,10,13,15,17-18,21,31-32H,4-5,7-9H2,1H3,(H,27,28,29)/t13-,15+,17+,18+,21-/m0/s1. The van der Waals surface area contributed by atoms with Crippen LogP contribution < -0.4 is 5.32 Å². The molecule has 3 N–H and O–H groups in total. The average Bonchev–Trinajstić information content (AvgIpc) is 3.49. The molecule has 3 aliphatic rings. The minimum absolute atomic E-state index is 0.0821. The van der Waals surface area contributed by atoms with Gasteiger partial charge in [0.2, 0.25) is 0 Å². The van der Waals surface area contributed by atoms with Gasteiger partial charge in [0.05, 0.1) is 48.6 Å². The summed E-state index contributed by atoms with van der Waals surface area (Å²) in [5.41, 5.74) is 2.45. The molecule has 2 fully saturated rings. The van der Waals surface area contributed by atoms with E-state index in [1.54, 1.807) is 6.07 Å². The maximum atomic E-state index is 14.5. The lowest BCUT2D eigenvalue weighted by molar-refractivity contribution is -0.125. The van der Waals surface area contributed by atoms with E-state index in [9.17, 15) is 23.8 Å². The molecule has 1 saturated heterocycles. The molecule has 33 heavy (non-hydrogen) atoms. The van der Waals surface area contributed by atoms with Crippen LogP contribution in [-0.2, 0) is 11.3 Å². The van der Waals surface area contributed by atoms with Crippen molar-refractivity contribution >= 4 is 17.4 Å². The van der Waals surface area contributed by atoms with Crippen LogP contribution in [0.1, 0.15) is 47.7 Å². The number of nitrogens with zero attached hydrogens (tertiary/aromatic N) is 4. The smallest absolute Gasteiger partial charge is 0.273 e. The predicted octanol–water partition coefficient (Wildman–Crippen LogP) is 1.83. The van der Waals surface area contributed by atoms with E-state index >= 15 is 0 Å². The second-order valence-corrected chi connectivity index (χ2v) is 8.90. The van der Waals surface area contributed by atoms with Crippen LogP contribution in [0.15, 0.2) is 29.5 Å². The van der Waals surface area contributed by atoms with E-state index in [4.69, 9.17) is 0 Å². The Labute approximate surface area is 189 Å². The van der Waals surface area contributed by atoms with E-state index in [0.29, 0.717) is 35.5 Å². The molecule has 1 saturated carbocycles. The van der Waals surface area contributed by atoms with Gasteiger partial charge >= 0.3 is 0 Å². The number of anilines is 1. The van der Waals surface area contributed by atoms with E-state index in [-0.39, 0.29) is 25.2 Å². The van der Waals surface area contributed by atoms with Gasteiger partial charge in [-0.25, -0.2) is 18.7 Å². The van der Waals surface area contributed by atoms with Gasteiger partial charge in [-0.3, -0.25) is 9.79 Å². The number of carbonyl (C=O) groups is 1. The number of aliphatic imine (C=N–C) groups is 1. The van der Waals surface area contributed by atoms with E-state index in [0.717, 1.165) is 5.56 Å². The minimum atomic E-state index is -1.23. The lowest BCUT2D eigenvalue weighted by Crippen LogP contribution is -2.38. The highest BCUT2D eigenvalue weighted by molar-refractivity contribution is 6.47. The molecule has 0 radical (unpaired) electrons. The summed E-state index contributed by atoms with van der Waals surface area (Å²) in [6.07, 6.45) is -0.590. The number of benzene rings is 1. The molecule has 3 heterocycles. The molecule has 2 aromatic rings. The summed E-state index contributed by atoms with van der Waals surface area (Å²) in [6, 6.07) is 3.28. The topological polar surface area (TPSA) is 111 Å². The van der Waals surface area contributed by atoms with Gasteiger partial charge in [-0.1, -0.05) is 6.07 Å². The number of carbonyl (C=O) groups excluding carboxylic acids is 1. The molecule has 5 atom stereocenters. The molecule has 1 aliphatic carbocycles. The third-order valence-electron chi connectivity index (χ3n) is 6.77. The monoisotopic (exact) mass is 457 g/mol. The number of aliphatic hydroxyl groups excluding tert-OH is 2. The maximum Gasteiger partial charge on any atom is 0.273 e. The quantitative estimate of drug-likeness (QED) is 0.646. The first-order chi connectivity index (χ1) is 15.8. The zero-order chi connectivity index (χ0) is 23.3. The molecule has 10 heteroatoms. The Hall–Kier alpha value is -2.98. The Morgan fingerprint density at radius 1 is 1.24 bits per heavy atom. The highest BCUT2D eigenvalue weighted by atomic mass is 19.1. The van der Waals surface area contributed by atoms with Gasteiger partial charge in [0.15, 0.2) is 0 Å². The molecule has 0 spiro atoms. The summed E-state index contributed by atoms with van der Waals surface area (Å²) < 4.78 is 28.4. The molecule has 1 aromatic carbocycles. The van der Waals surface area contributed by atoms with Crippen molar-refractivity contribution in [3.05, 3.63) is 52.7 Å². The Bertz CT molecular complexity index is 1130. The number of likely N-dealkylation sites (tertiary alicyclic amines) is 1. The number of rotatable bonds is 4. The van der Waals surface area contributed by atoms with Crippen molar-refractivity contribution in [1.82, 2.24) is 14.9 Å². The van der Waals surface area contributed by atoms with Crippen LogP contribution in [0.5, 0.6) is 0 Å². The van der Waals surface area contributed by atoms with Gasteiger partial charge in [0.25, 0.3) is 5.91 Å². The molecule has 1 aromatic heterocycles. The van der Waals surface area contributed by atoms with E-state index in [1.807, 2.05) is 6.92 Å². The van der Waals surface area contributed by atoms with Crippen LogP contribution in [0.4, 0.5) is 14.6 Å². The van der Waals surface area contributed by atoms with Crippen molar-refractivity contribution in [3.8, 4) is 0 Å². The van der Waals surface area contributed by atoms with Crippen LogP contribution in [0.3, 0.4) is 0 Å². The van der Waals surface area contributed by atoms with Crippen LogP contribution in [0.25, 0.3) is 0 Å².